The van der Waals surface area contributed by atoms with Crippen LogP contribution in [0.2, 0.25) is 0 Å². The zero-order valence-corrected chi connectivity index (χ0v) is 12.0. The molecule has 2 nitrogen and oxygen atoms in total. The lowest BCUT2D eigenvalue weighted by molar-refractivity contribution is 0.555. The van der Waals surface area contributed by atoms with Crippen LogP contribution in [0.25, 0.3) is 0 Å². The molecule has 0 N–H and O–H groups in total. The summed E-state index contributed by atoms with van der Waals surface area (Å²) in [4.78, 5) is 0. The maximum absolute atomic E-state index is 4.06. The lowest BCUT2D eigenvalue weighted by Gasteiger charge is -2.01. The molecule has 0 aliphatic rings. The Labute approximate surface area is 110 Å². The first-order chi connectivity index (χ1) is 8.43. The van der Waals surface area contributed by atoms with Gasteiger partial charge in [-0.2, -0.15) is 0 Å². The monoisotopic (exact) mass is 254 g/mol. The van der Waals surface area contributed by atoms with E-state index in [-0.39, 0.29) is 0 Å². The topological polar surface area (TPSA) is 25.8 Å². The lowest BCUT2D eigenvalue weighted by atomic mass is 10.1. The molecular weight excluding hydrogens is 228 g/mol. The fraction of sp³-hybridized carbons (Fsp3) is 0.857. The van der Waals surface area contributed by atoms with Gasteiger partial charge < -0.3 is 0 Å². The number of aromatic nitrogens is 2. The van der Waals surface area contributed by atoms with Crippen LogP contribution in [0.5, 0.6) is 0 Å². The molecule has 0 atom stereocenters. The van der Waals surface area contributed by atoms with Gasteiger partial charge >= 0.3 is 0 Å². The van der Waals surface area contributed by atoms with Crippen LogP contribution in [-0.4, -0.2) is 9.59 Å². The third-order valence-corrected chi connectivity index (χ3v) is 3.75. The second-order valence-corrected chi connectivity index (χ2v) is 5.44. The number of unbranched alkanes of at least 4 members (excludes halogenated alkanes) is 9. The van der Waals surface area contributed by atoms with Crippen LogP contribution in [0.1, 0.15) is 76.8 Å². The maximum atomic E-state index is 4.06. The summed E-state index contributed by atoms with van der Waals surface area (Å²) in [5, 5.41) is 6.12. The Morgan fingerprint density at radius 2 is 1.47 bits per heavy atom. The van der Waals surface area contributed by atoms with Gasteiger partial charge in [-0.25, -0.2) is 0 Å². The second-order valence-electron chi connectivity index (χ2n) is 4.83. The predicted molar refractivity (Wildman–Crippen MR) is 75.5 cm³/mol. The van der Waals surface area contributed by atoms with E-state index in [1.807, 2.05) is 0 Å². The molecule has 0 aliphatic heterocycles. The standard InChI is InChI=1S/C14H26N2S/c1-2-3-4-5-6-7-8-9-10-11-12-14-13-17-16-15-14/h13H,2-12H2,1H3. The van der Waals surface area contributed by atoms with Gasteiger partial charge in [-0.15, -0.1) is 5.10 Å². The zero-order chi connectivity index (χ0) is 12.2. The predicted octanol–water partition coefficient (Wildman–Crippen LogP) is 5.00. The van der Waals surface area contributed by atoms with Crippen molar-refractivity contribution < 1.29 is 0 Å². The Balaban J connectivity index is 1.76. The molecule has 17 heavy (non-hydrogen) atoms. The molecular formula is C14H26N2S. The summed E-state index contributed by atoms with van der Waals surface area (Å²) in [7, 11) is 0. The number of aryl methyl sites for hydroxylation is 1. The quantitative estimate of drug-likeness (QED) is 0.519. The molecule has 1 aromatic rings. The van der Waals surface area contributed by atoms with Gasteiger partial charge in [-0.05, 0) is 24.4 Å². The molecule has 0 fully saturated rings. The molecule has 0 aliphatic carbocycles. The number of hydrogen-bond acceptors (Lipinski definition) is 3. The highest BCUT2D eigenvalue weighted by Crippen LogP contribution is 2.11. The number of nitrogens with zero attached hydrogens (tertiary/aromatic N) is 2. The summed E-state index contributed by atoms with van der Waals surface area (Å²) in [5.74, 6) is 0. The molecule has 0 bridgehead atoms. The van der Waals surface area contributed by atoms with Gasteiger partial charge in [0.05, 0.1) is 5.69 Å². The SMILES string of the molecule is CCCCCCCCCCCCc1csnn1. The van der Waals surface area contributed by atoms with E-state index < -0.39 is 0 Å². The lowest BCUT2D eigenvalue weighted by Crippen LogP contribution is -1.87. The van der Waals surface area contributed by atoms with E-state index in [0.29, 0.717) is 0 Å². The smallest absolute Gasteiger partial charge is 0.0755 e. The first-order valence-corrected chi connectivity index (χ1v) is 8.03. The van der Waals surface area contributed by atoms with Crippen molar-refractivity contribution >= 4 is 11.5 Å². The van der Waals surface area contributed by atoms with Gasteiger partial charge in [-0.3, -0.25) is 0 Å². The van der Waals surface area contributed by atoms with Crippen LogP contribution in [0.4, 0.5) is 0 Å². The summed E-state index contributed by atoms with van der Waals surface area (Å²) >= 11 is 1.46. The van der Waals surface area contributed by atoms with E-state index in [1.54, 1.807) is 0 Å². The molecule has 98 valence electrons. The molecule has 0 unspecified atom stereocenters. The van der Waals surface area contributed by atoms with Crippen molar-refractivity contribution in [2.24, 2.45) is 0 Å². The van der Waals surface area contributed by atoms with Crippen LogP contribution in [0.3, 0.4) is 0 Å². The first kappa shape index (κ1) is 14.6. The Kier molecular flexibility index (Phi) is 9.20. The minimum absolute atomic E-state index is 1.12. The molecule has 0 saturated carbocycles. The zero-order valence-electron chi connectivity index (χ0n) is 11.2. The summed E-state index contributed by atoms with van der Waals surface area (Å²) in [6, 6.07) is 0. The van der Waals surface area contributed by atoms with Crippen molar-refractivity contribution in [2.75, 3.05) is 0 Å². The van der Waals surface area contributed by atoms with Crippen molar-refractivity contribution in [3.63, 3.8) is 0 Å². The van der Waals surface area contributed by atoms with Crippen molar-refractivity contribution in [1.82, 2.24) is 9.59 Å². The minimum Gasteiger partial charge on any atom is -0.143 e. The summed E-state index contributed by atoms with van der Waals surface area (Å²) < 4.78 is 3.88. The molecule has 0 aromatic carbocycles. The minimum atomic E-state index is 1.12. The molecule has 1 rings (SSSR count). The molecule has 1 heterocycles. The van der Waals surface area contributed by atoms with Crippen molar-refractivity contribution in [2.45, 2.75) is 77.6 Å². The fourth-order valence-corrected chi connectivity index (χ4v) is 2.57. The van der Waals surface area contributed by atoms with E-state index in [4.69, 9.17) is 0 Å². The third kappa shape index (κ3) is 8.31. The normalized spacial score (nSPS) is 10.9. The summed E-state index contributed by atoms with van der Waals surface area (Å²) in [6.45, 7) is 2.28. The molecule has 0 amide bonds. The summed E-state index contributed by atoms with van der Waals surface area (Å²) in [6.07, 6.45) is 15.1. The number of rotatable bonds is 11. The highest BCUT2D eigenvalue weighted by atomic mass is 32.1. The van der Waals surface area contributed by atoms with Crippen LogP contribution in [0.15, 0.2) is 5.38 Å². The molecule has 0 spiro atoms. The fourth-order valence-electron chi connectivity index (χ4n) is 2.09. The van der Waals surface area contributed by atoms with E-state index in [9.17, 15) is 0 Å². The molecule has 3 heteroatoms. The van der Waals surface area contributed by atoms with Crippen LogP contribution in [0, 0.1) is 0 Å². The average molecular weight is 254 g/mol. The van der Waals surface area contributed by atoms with Crippen LogP contribution < -0.4 is 0 Å². The van der Waals surface area contributed by atoms with Gasteiger partial charge in [0.15, 0.2) is 0 Å². The third-order valence-electron chi connectivity index (χ3n) is 3.19. The van der Waals surface area contributed by atoms with Gasteiger partial charge in [0.2, 0.25) is 0 Å². The van der Waals surface area contributed by atoms with Crippen molar-refractivity contribution in [3.8, 4) is 0 Å². The van der Waals surface area contributed by atoms with Gasteiger partial charge in [0.25, 0.3) is 0 Å². The molecule has 0 saturated heterocycles. The first-order valence-electron chi connectivity index (χ1n) is 7.19. The van der Waals surface area contributed by atoms with Gasteiger partial charge in [-0.1, -0.05) is 69.2 Å². The van der Waals surface area contributed by atoms with Crippen LogP contribution >= 0.6 is 11.5 Å². The van der Waals surface area contributed by atoms with E-state index in [0.717, 1.165) is 6.42 Å². The van der Waals surface area contributed by atoms with Crippen molar-refractivity contribution in [3.05, 3.63) is 11.1 Å². The Morgan fingerprint density at radius 3 is 2.00 bits per heavy atom. The average Bonchev–Trinajstić information content (AvgIpc) is 2.85. The largest absolute Gasteiger partial charge is 0.143 e. The van der Waals surface area contributed by atoms with Gasteiger partial charge in [0, 0.05) is 5.38 Å². The Bertz CT molecular complexity index is 247. The Morgan fingerprint density at radius 1 is 0.882 bits per heavy atom. The van der Waals surface area contributed by atoms with Gasteiger partial charge in [0.1, 0.15) is 0 Å². The highest BCUT2D eigenvalue weighted by Gasteiger charge is 1.96. The number of hydrogen-bond donors (Lipinski definition) is 0. The van der Waals surface area contributed by atoms with Crippen molar-refractivity contribution in [1.29, 1.82) is 0 Å². The van der Waals surface area contributed by atoms with E-state index in [1.165, 1.54) is 81.4 Å². The van der Waals surface area contributed by atoms with E-state index in [2.05, 4.69) is 21.9 Å². The molecule has 1 aromatic heterocycles. The second kappa shape index (κ2) is 10.7. The van der Waals surface area contributed by atoms with E-state index >= 15 is 0 Å². The van der Waals surface area contributed by atoms with Crippen LogP contribution in [-0.2, 0) is 6.42 Å². The highest BCUT2D eigenvalue weighted by molar-refractivity contribution is 7.03. The molecule has 0 radical (unpaired) electrons. The summed E-state index contributed by atoms with van der Waals surface area (Å²) in [5.41, 5.74) is 1.18. The Hall–Kier alpha value is -0.440. The maximum Gasteiger partial charge on any atom is 0.0755 e.